The zero-order valence-corrected chi connectivity index (χ0v) is 21.2. The molecule has 0 aromatic carbocycles. The molecule has 3 heterocycles. The van der Waals surface area contributed by atoms with Crippen molar-refractivity contribution in [2.75, 3.05) is 39.6 Å². The predicted octanol–water partition coefficient (Wildman–Crippen LogP) is 9.53. The van der Waals surface area contributed by atoms with Gasteiger partial charge in [0.25, 0.3) is 0 Å². The molecule has 0 N–H and O–H groups in total. The molecule has 3 heteroatoms. The number of hydrogen-bond donors (Lipinski definition) is 0. The van der Waals surface area contributed by atoms with E-state index in [1.807, 2.05) is 0 Å². The maximum atomic E-state index is 5.41. The molecule has 2 unspecified atom stereocenters. The maximum Gasteiger partial charge on any atom is 0.0500 e. The third kappa shape index (κ3) is 17.0. The second-order valence-corrected chi connectivity index (χ2v) is 12.5. The lowest BCUT2D eigenvalue weighted by Crippen LogP contribution is -2.29. The summed E-state index contributed by atoms with van der Waals surface area (Å²) < 4.78 is 16.0. The zero-order valence-electron chi connectivity index (χ0n) is 21.2. The first-order valence-electron chi connectivity index (χ1n) is 12.0. The molecule has 0 radical (unpaired) electrons. The SMILES string of the molecule is C.C.C.C.CC(C)(C)C1CCCOC1.CC(C)(C)C1CCOC1.CC(C)(C)C1CCOCC1. The lowest BCUT2D eigenvalue weighted by molar-refractivity contribution is 0.0103. The Morgan fingerprint density at radius 2 is 0.758 bits per heavy atom. The summed E-state index contributed by atoms with van der Waals surface area (Å²) >= 11 is 0. The number of ether oxygens (including phenoxy) is 3. The molecule has 0 aromatic heterocycles. The molecule has 3 aliphatic rings. The van der Waals surface area contributed by atoms with Gasteiger partial charge in [-0.2, -0.15) is 0 Å². The van der Waals surface area contributed by atoms with Gasteiger partial charge < -0.3 is 14.2 Å². The van der Waals surface area contributed by atoms with E-state index in [1.54, 1.807) is 0 Å². The van der Waals surface area contributed by atoms with Gasteiger partial charge in [-0.05, 0) is 66.1 Å². The molecule has 0 aliphatic carbocycles. The topological polar surface area (TPSA) is 27.7 Å². The Bertz CT molecular complexity index is 379. The highest BCUT2D eigenvalue weighted by Crippen LogP contribution is 2.34. The predicted molar refractivity (Wildman–Crippen MR) is 151 cm³/mol. The van der Waals surface area contributed by atoms with E-state index < -0.39 is 0 Å². The van der Waals surface area contributed by atoms with Crippen molar-refractivity contribution in [2.24, 2.45) is 34.0 Å². The molecule has 0 saturated carbocycles. The van der Waals surface area contributed by atoms with Gasteiger partial charge >= 0.3 is 0 Å². The highest BCUT2D eigenvalue weighted by molar-refractivity contribution is 4.77. The Hall–Kier alpha value is -0.120. The summed E-state index contributed by atoms with van der Waals surface area (Å²) in [7, 11) is 0. The summed E-state index contributed by atoms with van der Waals surface area (Å²) in [5.41, 5.74) is 1.39. The molecular formula is C30H68O3. The molecule has 3 saturated heterocycles. The average Bonchev–Trinajstić information content (AvgIpc) is 3.18. The molecule has 3 fully saturated rings. The van der Waals surface area contributed by atoms with Gasteiger partial charge in [-0.15, -0.1) is 0 Å². The lowest BCUT2D eigenvalue weighted by Gasteiger charge is -2.33. The largest absolute Gasteiger partial charge is 0.381 e. The molecule has 3 nitrogen and oxygen atoms in total. The molecule has 2 atom stereocenters. The number of hydrogen-bond acceptors (Lipinski definition) is 3. The first-order chi connectivity index (χ1) is 13.3. The van der Waals surface area contributed by atoms with Crippen LogP contribution in [0.4, 0.5) is 0 Å². The fraction of sp³-hybridized carbons (Fsp3) is 1.00. The summed E-state index contributed by atoms with van der Waals surface area (Å²) in [4.78, 5) is 0. The fourth-order valence-electron chi connectivity index (χ4n) is 4.20. The molecule has 206 valence electrons. The van der Waals surface area contributed by atoms with Crippen molar-refractivity contribution in [1.29, 1.82) is 0 Å². The zero-order chi connectivity index (χ0) is 22.1. The van der Waals surface area contributed by atoms with Crippen LogP contribution in [0.15, 0.2) is 0 Å². The number of rotatable bonds is 0. The van der Waals surface area contributed by atoms with E-state index in [9.17, 15) is 0 Å². The van der Waals surface area contributed by atoms with E-state index in [0.717, 1.165) is 57.4 Å². The van der Waals surface area contributed by atoms with Crippen molar-refractivity contribution < 1.29 is 14.2 Å². The molecule has 0 amide bonds. The molecule has 0 aromatic rings. The minimum atomic E-state index is 0. The van der Waals surface area contributed by atoms with Crippen LogP contribution in [0.5, 0.6) is 0 Å². The van der Waals surface area contributed by atoms with Gasteiger partial charge in [0, 0.05) is 39.6 Å². The summed E-state index contributed by atoms with van der Waals surface area (Å²) in [6.07, 6.45) is 6.36. The molecular weight excluding hydrogens is 408 g/mol. The van der Waals surface area contributed by atoms with E-state index in [1.165, 1.54) is 32.1 Å². The monoisotopic (exact) mass is 477 g/mol. The van der Waals surface area contributed by atoms with Gasteiger partial charge in [0.1, 0.15) is 0 Å². The van der Waals surface area contributed by atoms with Crippen LogP contribution in [0.25, 0.3) is 0 Å². The van der Waals surface area contributed by atoms with Gasteiger partial charge in [-0.3, -0.25) is 0 Å². The van der Waals surface area contributed by atoms with Gasteiger partial charge in [-0.25, -0.2) is 0 Å². The first-order valence-corrected chi connectivity index (χ1v) is 12.0. The molecule has 33 heavy (non-hydrogen) atoms. The smallest absolute Gasteiger partial charge is 0.0500 e. The Morgan fingerprint density at radius 3 is 0.970 bits per heavy atom. The Morgan fingerprint density at radius 1 is 0.424 bits per heavy atom. The highest BCUT2D eigenvalue weighted by atomic mass is 16.5. The summed E-state index contributed by atoms with van der Waals surface area (Å²) in [5.74, 6) is 2.44. The maximum absolute atomic E-state index is 5.41. The van der Waals surface area contributed by atoms with Crippen LogP contribution in [0.2, 0.25) is 0 Å². The van der Waals surface area contributed by atoms with Crippen molar-refractivity contribution in [2.45, 2.75) is 124 Å². The van der Waals surface area contributed by atoms with Gasteiger partial charge in [-0.1, -0.05) is 92.0 Å². The van der Waals surface area contributed by atoms with Crippen LogP contribution < -0.4 is 0 Å². The fourth-order valence-corrected chi connectivity index (χ4v) is 4.20. The van der Waals surface area contributed by atoms with Gasteiger partial charge in [0.05, 0.1) is 0 Å². The van der Waals surface area contributed by atoms with Crippen molar-refractivity contribution in [3.63, 3.8) is 0 Å². The van der Waals surface area contributed by atoms with Gasteiger partial charge in [0.15, 0.2) is 0 Å². The van der Waals surface area contributed by atoms with Crippen LogP contribution in [0.3, 0.4) is 0 Å². The van der Waals surface area contributed by atoms with E-state index in [-0.39, 0.29) is 29.7 Å². The third-order valence-corrected chi connectivity index (χ3v) is 6.99. The summed E-state index contributed by atoms with van der Waals surface area (Å²) in [6.45, 7) is 26.6. The minimum Gasteiger partial charge on any atom is -0.381 e. The first kappa shape index (κ1) is 40.1. The van der Waals surface area contributed by atoms with Crippen LogP contribution in [-0.4, -0.2) is 39.6 Å². The van der Waals surface area contributed by atoms with Crippen LogP contribution >= 0.6 is 0 Å². The van der Waals surface area contributed by atoms with Crippen molar-refractivity contribution >= 4 is 0 Å². The normalized spacial score (nSPS) is 23.5. The Labute approximate surface area is 212 Å². The summed E-state index contributed by atoms with van der Waals surface area (Å²) in [6, 6.07) is 0. The van der Waals surface area contributed by atoms with E-state index >= 15 is 0 Å². The molecule has 3 aliphatic heterocycles. The van der Waals surface area contributed by atoms with Crippen molar-refractivity contribution in [3.05, 3.63) is 0 Å². The average molecular weight is 477 g/mol. The quantitative estimate of drug-likeness (QED) is 0.348. The minimum absolute atomic E-state index is 0. The lowest BCUT2D eigenvalue weighted by atomic mass is 9.76. The Balaban J connectivity index is -0.000000180. The standard InChI is InChI=1S/2C9H18O.C8H16O.4CH4/c1-9(2,3)8-4-6-10-7-5-8;1-9(2,3)8-5-4-6-10-7-8;1-8(2,3)7-4-5-9-6-7;;;;/h2*8H,4-7H2,1-3H3;7H,4-6H2,1-3H3;4*1H4. The van der Waals surface area contributed by atoms with Crippen LogP contribution in [0, 0.1) is 34.0 Å². The molecule has 0 spiro atoms. The van der Waals surface area contributed by atoms with E-state index in [2.05, 4.69) is 62.3 Å². The van der Waals surface area contributed by atoms with Crippen molar-refractivity contribution in [3.8, 4) is 0 Å². The summed E-state index contributed by atoms with van der Waals surface area (Å²) in [5, 5.41) is 0. The van der Waals surface area contributed by atoms with E-state index in [0.29, 0.717) is 16.2 Å². The van der Waals surface area contributed by atoms with Crippen LogP contribution in [0.1, 0.15) is 124 Å². The molecule has 3 rings (SSSR count). The second kappa shape index (κ2) is 18.2. The molecule has 0 bridgehead atoms. The Kier molecular flexibility index (Phi) is 22.1. The highest BCUT2D eigenvalue weighted by Gasteiger charge is 2.28. The van der Waals surface area contributed by atoms with Crippen molar-refractivity contribution in [1.82, 2.24) is 0 Å². The third-order valence-electron chi connectivity index (χ3n) is 6.99. The van der Waals surface area contributed by atoms with Crippen LogP contribution in [-0.2, 0) is 14.2 Å². The second-order valence-electron chi connectivity index (χ2n) is 12.5. The van der Waals surface area contributed by atoms with Gasteiger partial charge in [0.2, 0.25) is 0 Å². The van der Waals surface area contributed by atoms with E-state index in [4.69, 9.17) is 14.2 Å².